The number of H-pyrrole nitrogens is 1. The van der Waals surface area contributed by atoms with E-state index in [0.717, 1.165) is 41.0 Å². The molecule has 10 heteroatoms. The van der Waals surface area contributed by atoms with Crippen LogP contribution in [0.15, 0.2) is 74.7 Å². The van der Waals surface area contributed by atoms with Gasteiger partial charge in [-0.3, -0.25) is 9.69 Å². The minimum absolute atomic E-state index is 0.137. The topological polar surface area (TPSA) is 115 Å². The quantitative estimate of drug-likeness (QED) is 0.293. The van der Waals surface area contributed by atoms with E-state index in [2.05, 4.69) is 32.3 Å². The van der Waals surface area contributed by atoms with Crippen LogP contribution in [0.2, 0.25) is 0 Å². The van der Waals surface area contributed by atoms with Crippen molar-refractivity contribution in [1.82, 2.24) is 30.1 Å². The van der Waals surface area contributed by atoms with Crippen molar-refractivity contribution in [2.75, 3.05) is 7.11 Å². The molecule has 0 radical (unpaired) electrons. The van der Waals surface area contributed by atoms with E-state index in [4.69, 9.17) is 13.6 Å². The maximum Gasteiger partial charge on any atom is 0.252 e. The Labute approximate surface area is 207 Å². The van der Waals surface area contributed by atoms with Crippen molar-refractivity contribution in [3.05, 3.63) is 94.3 Å². The highest BCUT2D eigenvalue weighted by molar-refractivity contribution is 5.80. The molecule has 4 aromatic heterocycles. The first kappa shape index (κ1) is 23.6. The van der Waals surface area contributed by atoms with Gasteiger partial charge < -0.3 is 18.6 Å². The number of tetrazole rings is 1. The maximum absolute atomic E-state index is 13.1. The number of furan rings is 2. The number of nitrogens with zero attached hydrogens (tertiary/aromatic N) is 5. The van der Waals surface area contributed by atoms with E-state index in [1.165, 1.54) is 0 Å². The molecule has 36 heavy (non-hydrogen) atoms. The first-order chi connectivity index (χ1) is 17.6. The predicted molar refractivity (Wildman–Crippen MR) is 132 cm³/mol. The fourth-order valence-corrected chi connectivity index (χ4v) is 4.43. The van der Waals surface area contributed by atoms with E-state index in [1.807, 2.05) is 48.5 Å². The van der Waals surface area contributed by atoms with Gasteiger partial charge in [-0.15, -0.1) is 5.10 Å². The molecule has 5 rings (SSSR count). The van der Waals surface area contributed by atoms with Gasteiger partial charge in [0.25, 0.3) is 5.56 Å². The summed E-state index contributed by atoms with van der Waals surface area (Å²) in [6.45, 7) is 3.40. The summed E-state index contributed by atoms with van der Waals surface area (Å²) in [7, 11) is 1.63. The van der Waals surface area contributed by atoms with Crippen LogP contribution in [-0.2, 0) is 19.6 Å². The summed E-state index contributed by atoms with van der Waals surface area (Å²) in [6.07, 6.45) is 4.97. The third kappa shape index (κ3) is 5.08. The normalized spacial score (nSPS) is 12.4. The summed E-state index contributed by atoms with van der Waals surface area (Å²) < 4.78 is 18.3. The Morgan fingerprint density at radius 2 is 1.89 bits per heavy atom. The smallest absolute Gasteiger partial charge is 0.252 e. The summed E-state index contributed by atoms with van der Waals surface area (Å²) in [4.78, 5) is 18.3. The minimum atomic E-state index is -0.162. The molecule has 186 valence electrons. The average Bonchev–Trinajstić information content (AvgIpc) is 3.67. The number of hydrogen-bond acceptors (Lipinski definition) is 8. The van der Waals surface area contributed by atoms with Crippen LogP contribution in [-0.4, -0.2) is 37.2 Å². The average molecular weight is 489 g/mol. The van der Waals surface area contributed by atoms with E-state index in [-0.39, 0.29) is 11.6 Å². The molecule has 1 atom stereocenters. The highest BCUT2D eigenvalue weighted by Gasteiger charge is 2.27. The second-order valence-electron chi connectivity index (χ2n) is 8.64. The molecule has 0 saturated heterocycles. The molecule has 1 aromatic carbocycles. The molecule has 0 fully saturated rings. The zero-order chi connectivity index (χ0) is 24.9. The van der Waals surface area contributed by atoms with Gasteiger partial charge in [-0.25, -0.2) is 4.68 Å². The van der Waals surface area contributed by atoms with Gasteiger partial charge in [0.15, 0.2) is 5.82 Å². The Morgan fingerprint density at radius 1 is 1.08 bits per heavy atom. The summed E-state index contributed by atoms with van der Waals surface area (Å²) >= 11 is 0. The lowest BCUT2D eigenvalue weighted by molar-refractivity contribution is 0.144. The lowest BCUT2D eigenvalue weighted by Crippen LogP contribution is -2.32. The van der Waals surface area contributed by atoms with E-state index >= 15 is 0 Å². The van der Waals surface area contributed by atoms with Crippen LogP contribution in [0.1, 0.15) is 48.7 Å². The van der Waals surface area contributed by atoms with Crippen LogP contribution >= 0.6 is 0 Å². The number of ether oxygens (including phenoxy) is 1. The molecule has 10 nitrogen and oxygen atoms in total. The molecule has 0 bridgehead atoms. The van der Waals surface area contributed by atoms with Crippen molar-refractivity contribution in [3.8, 4) is 5.75 Å². The molecule has 0 spiro atoms. The highest BCUT2D eigenvalue weighted by Crippen LogP contribution is 2.28. The standard InChI is InChI=1S/C26H28N6O4/c1-3-6-24(25-28-29-30-32(25)17-22-8-5-12-36-22)31(16-21-7-4-11-35-21)15-19-13-18-14-20(34-2)9-10-23(18)27-26(19)33/h4-5,7-14,24H,3,6,15-17H2,1-2H3,(H,27,33)/t24-/m0/s1. The zero-order valence-corrected chi connectivity index (χ0v) is 20.3. The summed E-state index contributed by atoms with van der Waals surface area (Å²) in [5.74, 6) is 2.99. The Balaban J connectivity index is 1.53. The van der Waals surface area contributed by atoms with Gasteiger partial charge in [-0.05, 0) is 65.4 Å². The van der Waals surface area contributed by atoms with Crippen molar-refractivity contribution in [2.45, 2.75) is 45.4 Å². The number of nitrogens with one attached hydrogen (secondary N) is 1. The molecular weight excluding hydrogens is 460 g/mol. The van der Waals surface area contributed by atoms with Crippen LogP contribution in [0.5, 0.6) is 5.75 Å². The van der Waals surface area contributed by atoms with Crippen LogP contribution in [0.3, 0.4) is 0 Å². The molecule has 0 unspecified atom stereocenters. The van der Waals surface area contributed by atoms with Gasteiger partial charge in [0.1, 0.15) is 23.8 Å². The van der Waals surface area contributed by atoms with Crippen molar-refractivity contribution in [1.29, 1.82) is 0 Å². The molecule has 0 aliphatic heterocycles. The number of aromatic amines is 1. The zero-order valence-electron chi connectivity index (χ0n) is 20.3. The lowest BCUT2D eigenvalue weighted by atomic mass is 10.1. The van der Waals surface area contributed by atoms with Crippen molar-refractivity contribution < 1.29 is 13.6 Å². The third-order valence-corrected chi connectivity index (χ3v) is 6.19. The van der Waals surface area contributed by atoms with Gasteiger partial charge in [0, 0.05) is 23.0 Å². The van der Waals surface area contributed by atoms with Crippen LogP contribution in [0.25, 0.3) is 10.9 Å². The van der Waals surface area contributed by atoms with Gasteiger partial charge in [-0.1, -0.05) is 13.3 Å². The first-order valence-electron chi connectivity index (χ1n) is 11.9. The SMILES string of the molecule is CCC[C@@H](c1nnnn1Cc1ccco1)N(Cc1ccco1)Cc1cc2cc(OC)ccc2[nH]c1=O. The summed E-state index contributed by atoms with van der Waals surface area (Å²) in [5, 5.41) is 13.5. The molecule has 0 amide bonds. The van der Waals surface area contributed by atoms with Gasteiger partial charge in [0.05, 0.1) is 32.2 Å². The van der Waals surface area contributed by atoms with E-state index in [0.29, 0.717) is 31.0 Å². The Bertz CT molecular complexity index is 1460. The van der Waals surface area contributed by atoms with E-state index in [1.54, 1.807) is 24.3 Å². The fourth-order valence-electron chi connectivity index (χ4n) is 4.43. The number of hydrogen-bond donors (Lipinski definition) is 1. The Hall–Kier alpha value is -4.18. The number of rotatable bonds is 11. The number of pyridine rings is 1. The number of benzene rings is 1. The van der Waals surface area contributed by atoms with Crippen LogP contribution < -0.4 is 10.3 Å². The van der Waals surface area contributed by atoms with E-state index in [9.17, 15) is 4.79 Å². The van der Waals surface area contributed by atoms with Crippen molar-refractivity contribution in [3.63, 3.8) is 0 Å². The maximum atomic E-state index is 13.1. The second kappa shape index (κ2) is 10.6. The number of methoxy groups -OCH3 is 1. The summed E-state index contributed by atoms with van der Waals surface area (Å²) in [5.41, 5.74) is 1.26. The fraction of sp³-hybridized carbons (Fsp3) is 0.308. The Morgan fingerprint density at radius 3 is 2.61 bits per heavy atom. The molecule has 0 aliphatic rings. The van der Waals surface area contributed by atoms with Crippen LogP contribution in [0.4, 0.5) is 0 Å². The second-order valence-corrected chi connectivity index (χ2v) is 8.64. The van der Waals surface area contributed by atoms with E-state index < -0.39 is 0 Å². The molecule has 4 heterocycles. The molecule has 5 aromatic rings. The van der Waals surface area contributed by atoms with Crippen molar-refractivity contribution in [2.24, 2.45) is 0 Å². The van der Waals surface area contributed by atoms with Gasteiger partial charge >= 0.3 is 0 Å². The Kier molecular flexibility index (Phi) is 6.94. The van der Waals surface area contributed by atoms with Crippen LogP contribution in [0, 0.1) is 0 Å². The number of fused-ring (bicyclic) bond motifs is 1. The molecule has 1 N–H and O–H groups in total. The monoisotopic (exact) mass is 488 g/mol. The van der Waals surface area contributed by atoms with Gasteiger partial charge in [0.2, 0.25) is 0 Å². The predicted octanol–water partition coefficient (Wildman–Crippen LogP) is 4.30. The minimum Gasteiger partial charge on any atom is -0.497 e. The van der Waals surface area contributed by atoms with Gasteiger partial charge in [-0.2, -0.15) is 0 Å². The molecular formula is C26H28N6O4. The first-order valence-corrected chi connectivity index (χ1v) is 11.9. The largest absolute Gasteiger partial charge is 0.497 e. The molecule has 0 saturated carbocycles. The third-order valence-electron chi connectivity index (χ3n) is 6.19. The highest BCUT2D eigenvalue weighted by atomic mass is 16.5. The molecule has 0 aliphatic carbocycles. The lowest BCUT2D eigenvalue weighted by Gasteiger charge is -2.30. The number of aromatic nitrogens is 5. The van der Waals surface area contributed by atoms with Crippen molar-refractivity contribution >= 4 is 10.9 Å². The summed E-state index contributed by atoms with van der Waals surface area (Å²) in [6, 6.07) is 14.9.